The molecule has 0 radical (unpaired) electrons. The Bertz CT molecular complexity index is 642. The van der Waals surface area contributed by atoms with Crippen LogP contribution in [0.15, 0.2) is 42.5 Å². The van der Waals surface area contributed by atoms with Gasteiger partial charge in [0.1, 0.15) is 0 Å². The molecule has 0 aromatic heterocycles. The van der Waals surface area contributed by atoms with Gasteiger partial charge in [-0.2, -0.15) is 0 Å². The standard InChI is InChI=1S/C17H17Cl2NO2/c1-22-11-12-2-4-14(5-3-12)17(21)20-9-8-13-6-7-15(18)10-16(13)19/h2-7,10H,8-9,11H2,1H3,(H,20,21). The zero-order valence-corrected chi connectivity index (χ0v) is 13.7. The minimum atomic E-state index is -0.103. The third-order valence-electron chi connectivity index (χ3n) is 3.22. The van der Waals surface area contributed by atoms with E-state index in [1.54, 1.807) is 31.4 Å². The second-order valence-electron chi connectivity index (χ2n) is 4.87. The van der Waals surface area contributed by atoms with Crippen molar-refractivity contribution in [2.75, 3.05) is 13.7 Å². The Labute approximate surface area is 140 Å². The zero-order valence-electron chi connectivity index (χ0n) is 12.2. The molecule has 0 saturated carbocycles. The first-order valence-electron chi connectivity index (χ1n) is 6.90. The first-order chi connectivity index (χ1) is 10.6. The van der Waals surface area contributed by atoms with Crippen LogP contribution in [-0.4, -0.2) is 19.6 Å². The molecule has 0 aliphatic rings. The average Bonchev–Trinajstić information content (AvgIpc) is 2.50. The van der Waals surface area contributed by atoms with E-state index in [9.17, 15) is 4.79 Å². The summed E-state index contributed by atoms with van der Waals surface area (Å²) in [7, 11) is 1.64. The van der Waals surface area contributed by atoms with Gasteiger partial charge in [-0.25, -0.2) is 0 Å². The first-order valence-corrected chi connectivity index (χ1v) is 7.66. The minimum absolute atomic E-state index is 0.103. The fourth-order valence-electron chi connectivity index (χ4n) is 2.06. The lowest BCUT2D eigenvalue weighted by molar-refractivity contribution is 0.0954. The summed E-state index contributed by atoms with van der Waals surface area (Å²) in [6.07, 6.45) is 0.656. The number of carbonyl (C=O) groups excluding carboxylic acids is 1. The van der Waals surface area contributed by atoms with Gasteiger partial charge in [-0.05, 0) is 41.8 Å². The van der Waals surface area contributed by atoms with Crippen LogP contribution in [0, 0.1) is 0 Å². The van der Waals surface area contributed by atoms with Gasteiger partial charge in [-0.1, -0.05) is 41.4 Å². The molecule has 0 aliphatic heterocycles. The quantitative estimate of drug-likeness (QED) is 0.861. The molecule has 0 fully saturated rings. The van der Waals surface area contributed by atoms with Crippen molar-refractivity contribution in [1.29, 1.82) is 0 Å². The fraction of sp³-hybridized carbons (Fsp3) is 0.235. The summed E-state index contributed by atoms with van der Waals surface area (Å²) in [5.74, 6) is -0.103. The molecule has 0 atom stereocenters. The third-order valence-corrected chi connectivity index (χ3v) is 3.81. The van der Waals surface area contributed by atoms with Crippen LogP contribution in [0.4, 0.5) is 0 Å². The molecule has 0 spiro atoms. The van der Waals surface area contributed by atoms with E-state index in [1.807, 2.05) is 18.2 Å². The highest BCUT2D eigenvalue weighted by Gasteiger charge is 2.06. The highest BCUT2D eigenvalue weighted by molar-refractivity contribution is 6.35. The van der Waals surface area contributed by atoms with Crippen molar-refractivity contribution >= 4 is 29.1 Å². The van der Waals surface area contributed by atoms with Gasteiger partial charge in [0.15, 0.2) is 0 Å². The molecule has 116 valence electrons. The molecule has 2 aromatic carbocycles. The molecular formula is C17H17Cl2NO2. The molecule has 3 nitrogen and oxygen atoms in total. The highest BCUT2D eigenvalue weighted by Crippen LogP contribution is 2.21. The van der Waals surface area contributed by atoms with Crippen molar-refractivity contribution in [3.63, 3.8) is 0 Å². The van der Waals surface area contributed by atoms with Crippen LogP contribution in [0.1, 0.15) is 21.5 Å². The Balaban J connectivity index is 1.87. The van der Waals surface area contributed by atoms with E-state index in [4.69, 9.17) is 27.9 Å². The Morgan fingerprint density at radius 1 is 1.14 bits per heavy atom. The minimum Gasteiger partial charge on any atom is -0.380 e. The van der Waals surface area contributed by atoms with Gasteiger partial charge in [-0.3, -0.25) is 4.79 Å². The van der Waals surface area contributed by atoms with Gasteiger partial charge in [0, 0.05) is 29.3 Å². The van der Waals surface area contributed by atoms with Crippen LogP contribution < -0.4 is 5.32 Å². The maximum Gasteiger partial charge on any atom is 0.251 e. The summed E-state index contributed by atoms with van der Waals surface area (Å²) in [4.78, 5) is 12.0. The summed E-state index contributed by atoms with van der Waals surface area (Å²) in [6, 6.07) is 12.7. The number of halogens is 2. The van der Waals surface area contributed by atoms with E-state index in [2.05, 4.69) is 5.32 Å². The van der Waals surface area contributed by atoms with Crippen molar-refractivity contribution in [3.05, 3.63) is 69.2 Å². The predicted molar refractivity (Wildman–Crippen MR) is 89.7 cm³/mol. The smallest absolute Gasteiger partial charge is 0.251 e. The molecule has 0 unspecified atom stereocenters. The SMILES string of the molecule is COCc1ccc(C(=O)NCCc2ccc(Cl)cc2Cl)cc1. The van der Waals surface area contributed by atoms with Gasteiger partial charge in [0.05, 0.1) is 6.61 Å². The lowest BCUT2D eigenvalue weighted by atomic mass is 10.1. The molecule has 0 saturated heterocycles. The Hall–Kier alpha value is -1.55. The number of hydrogen-bond acceptors (Lipinski definition) is 2. The highest BCUT2D eigenvalue weighted by atomic mass is 35.5. The van der Waals surface area contributed by atoms with Crippen LogP contribution >= 0.6 is 23.2 Å². The number of nitrogens with one attached hydrogen (secondary N) is 1. The molecule has 0 bridgehead atoms. The van der Waals surface area contributed by atoms with Crippen molar-refractivity contribution < 1.29 is 9.53 Å². The van der Waals surface area contributed by atoms with E-state index in [1.165, 1.54) is 0 Å². The average molecular weight is 338 g/mol. The van der Waals surface area contributed by atoms with E-state index in [0.29, 0.717) is 35.2 Å². The molecule has 2 rings (SSSR count). The van der Waals surface area contributed by atoms with Gasteiger partial charge >= 0.3 is 0 Å². The number of benzene rings is 2. The summed E-state index contributed by atoms with van der Waals surface area (Å²) < 4.78 is 5.04. The van der Waals surface area contributed by atoms with Crippen molar-refractivity contribution in [3.8, 4) is 0 Å². The summed E-state index contributed by atoms with van der Waals surface area (Å²) in [5, 5.41) is 4.10. The number of rotatable bonds is 6. The second kappa shape index (κ2) is 8.18. The molecule has 1 amide bonds. The van der Waals surface area contributed by atoms with Crippen LogP contribution in [0.3, 0.4) is 0 Å². The normalized spacial score (nSPS) is 10.5. The van der Waals surface area contributed by atoms with Crippen molar-refractivity contribution in [1.82, 2.24) is 5.32 Å². The molecule has 0 heterocycles. The molecule has 2 aromatic rings. The molecule has 22 heavy (non-hydrogen) atoms. The van der Waals surface area contributed by atoms with Crippen molar-refractivity contribution in [2.45, 2.75) is 13.0 Å². The number of carbonyl (C=O) groups is 1. The topological polar surface area (TPSA) is 38.3 Å². The molecule has 5 heteroatoms. The lowest BCUT2D eigenvalue weighted by Gasteiger charge is -2.08. The van der Waals surface area contributed by atoms with E-state index in [-0.39, 0.29) is 5.91 Å². The largest absolute Gasteiger partial charge is 0.380 e. The first kappa shape index (κ1) is 16.8. The summed E-state index contributed by atoms with van der Waals surface area (Å²) in [6.45, 7) is 1.05. The third kappa shape index (κ3) is 4.73. The zero-order chi connectivity index (χ0) is 15.9. The Kier molecular flexibility index (Phi) is 6.25. The maximum absolute atomic E-state index is 12.0. The monoisotopic (exact) mass is 337 g/mol. The van der Waals surface area contributed by atoms with Gasteiger partial charge < -0.3 is 10.1 Å². The van der Waals surface area contributed by atoms with E-state index < -0.39 is 0 Å². The van der Waals surface area contributed by atoms with Crippen molar-refractivity contribution in [2.24, 2.45) is 0 Å². The molecule has 0 aliphatic carbocycles. The Morgan fingerprint density at radius 2 is 1.86 bits per heavy atom. The number of methoxy groups -OCH3 is 1. The van der Waals surface area contributed by atoms with Gasteiger partial charge in [0.2, 0.25) is 0 Å². The van der Waals surface area contributed by atoms with Crippen LogP contribution in [0.5, 0.6) is 0 Å². The fourth-order valence-corrected chi connectivity index (χ4v) is 2.56. The van der Waals surface area contributed by atoms with Gasteiger partial charge in [0.25, 0.3) is 5.91 Å². The predicted octanol–water partition coefficient (Wildman–Crippen LogP) is 4.11. The summed E-state index contributed by atoms with van der Waals surface area (Å²) >= 11 is 12.0. The van der Waals surface area contributed by atoms with Crippen LogP contribution in [-0.2, 0) is 17.8 Å². The van der Waals surface area contributed by atoms with Crippen LogP contribution in [0.2, 0.25) is 10.0 Å². The summed E-state index contributed by atoms with van der Waals surface area (Å²) in [5.41, 5.74) is 2.62. The molecule has 1 N–H and O–H groups in total. The van der Waals surface area contributed by atoms with Crippen LogP contribution in [0.25, 0.3) is 0 Å². The Morgan fingerprint density at radius 3 is 2.50 bits per heavy atom. The number of hydrogen-bond donors (Lipinski definition) is 1. The second-order valence-corrected chi connectivity index (χ2v) is 5.72. The number of amides is 1. The molecular weight excluding hydrogens is 321 g/mol. The van der Waals surface area contributed by atoms with Gasteiger partial charge in [-0.15, -0.1) is 0 Å². The van der Waals surface area contributed by atoms with E-state index >= 15 is 0 Å². The maximum atomic E-state index is 12.0. The van der Waals surface area contributed by atoms with E-state index in [0.717, 1.165) is 11.1 Å². The number of ether oxygens (including phenoxy) is 1. The lowest BCUT2D eigenvalue weighted by Crippen LogP contribution is -2.25.